The summed E-state index contributed by atoms with van der Waals surface area (Å²) in [7, 11) is -0.899. The highest BCUT2D eigenvalue weighted by molar-refractivity contribution is 7.55. The quantitative estimate of drug-likeness (QED) is 0.139. The van der Waals surface area contributed by atoms with Crippen molar-refractivity contribution in [2.75, 3.05) is 27.9 Å². The van der Waals surface area contributed by atoms with Gasteiger partial charge in [0.05, 0.1) is 25.9 Å². The van der Waals surface area contributed by atoms with Crippen LogP contribution >= 0.6 is 7.60 Å². The molecule has 1 aromatic carbocycles. The Morgan fingerprint density at radius 2 is 1.87 bits per heavy atom. The van der Waals surface area contributed by atoms with Gasteiger partial charge in [-0.15, -0.1) is 0 Å². The van der Waals surface area contributed by atoms with Crippen LogP contribution in [0.2, 0.25) is 0 Å². The molecule has 15 nitrogen and oxygen atoms in total. The van der Waals surface area contributed by atoms with Gasteiger partial charge in [0.2, 0.25) is 0 Å². The standard InChI is InChI=1S/C22H26N5O10P/c1-13-11-26(22(31)27(18(13)28)19(29)14-8-6-5-7-9-14)17-10-15(24-25-23)16(37-17)12-36-21(20(30)33-2)38(32,34-3)35-4/h5-9,11,15-17,21H,10,12H2,1-4H3/t15-,16+,17+,21?/m0/s1. The maximum Gasteiger partial charge on any atom is 0.370 e. The van der Waals surface area contributed by atoms with Crippen molar-refractivity contribution in [3.63, 3.8) is 0 Å². The number of methoxy groups -OCH3 is 1. The summed E-state index contributed by atoms with van der Waals surface area (Å²) in [6.45, 7) is 0.995. The maximum atomic E-state index is 13.3. The zero-order valence-corrected chi connectivity index (χ0v) is 21.8. The molecule has 3 rings (SSSR count). The summed E-state index contributed by atoms with van der Waals surface area (Å²) >= 11 is 0. The number of hydrogen-bond acceptors (Lipinski definition) is 11. The second kappa shape index (κ2) is 12.3. The first kappa shape index (κ1) is 29.0. The summed E-state index contributed by atoms with van der Waals surface area (Å²) in [4.78, 5) is 54.0. The Kier molecular flexibility index (Phi) is 9.39. The largest absolute Gasteiger partial charge is 0.467 e. The summed E-state index contributed by atoms with van der Waals surface area (Å²) in [5.41, 5.74) is 7.50. The Hall–Kier alpha value is -3.58. The third-order valence-electron chi connectivity index (χ3n) is 5.84. The van der Waals surface area contributed by atoms with Gasteiger partial charge in [-0.3, -0.25) is 18.7 Å². The molecule has 2 heterocycles. The Morgan fingerprint density at radius 3 is 2.45 bits per heavy atom. The smallest absolute Gasteiger partial charge is 0.370 e. The van der Waals surface area contributed by atoms with Gasteiger partial charge in [-0.25, -0.2) is 9.59 Å². The Balaban J connectivity index is 1.94. The van der Waals surface area contributed by atoms with Gasteiger partial charge in [-0.05, 0) is 24.6 Å². The molecule has 1 unspecified atom stereocenters. The highest BCUT2D eigenvalue weighted by Crippen LogP contribution is 2.52. The van der Waals surface area contributed by atoms with Crippen LogP contribution in [0.5, 0.6) is 0 Å². The predicted molar refractivity (Wildman–Crippen MR) is 131 cm³/mol. The molecule has 204 valence electrons. The highest BCUT2D eigenvalue weighted by Gasteiger charge is 2.44. The van der Waals surface area contributed by atoms with Crippen LogP contribution in [0, 0.1) is 6.92 Å². The number of carbonyl (C=O) groups is 2. The maximum absolute atomic E-state index is 13.3. The van der Waals surface area contributed by atoms with E-state index in [9.17, 15) is 23.7 Å². The van der Waals surface area contributed by atoms with Gasteiger partial charge in [0, 0.05) is 42.9 Å². The lowest BCUT2D eigenvalue weighted by atomic mass is 10.1. The zero-order valence-electron chi connectivity index (χ0n) is 21.0. The molecule has 1 aliphatic heterocycles. The lowest BCUT2D eigenvalue weighted by molar-refractivity contribution is -0.152. The first-order valence-corrected chi connectivity index (χ1v) is 12.8. The molecule has 1 saturated heterocycles. The fraction of sp³-hybridized carbons (Fsp3) is 0.455. The Morgan fingerprint density at radius 1 is 1.21 bits per heavy atom. The van der Waals surface area contributed by atoms with Crippen LogP contribution in [-0.2, 0) is 32.6 Å². The minimum Gasteiger partial charge on any atom is -0.467 e. The van der Waals surface area contributed by atoms with E-state index >= 15 is 0 Å². The molecule has 0 saturated carbocycles. The first-order valence-electron chi connectivity index (χ1n) is 11.2. The number of nitrogens with zero attached hydrogens (tertiary/aromatic N) is 5. The lowest BCUT2D eigenvalue weighted by Gasteiger charge is -2.24. The van der Waals surface area contributed by atoms with E-state index < -0.39 is 61.5 Å². The highest BCUT2D eigenvalue weighted by atomic mass is 31.2. The van der Waals surface area contributed by atoms with Crippen LogP contribution in [0.15, 0.2) is 51.2 Å². The van der Waals surface area contributed by atoms with Gasteiger partial charge in [-0.1, -0.05) is 23.3 Å². The molecular weight excluding hydrogens is 525 g/mol. The van der Waals surface area contributed by atoms with E-state index in [-0.39, 0.29) is 17.5 Å². The molecule has 1 aliphatic rings. The number of azide groups is 1. The molecule has 38 heavy (non-hydrogen) atoms. The van der Waals surface area contributed by atoms with Crippen LogP contribution in [-0.4, -0.2) is 66.9 Å². The van der Waals surface area contributed by atoms with Crippen molar-refractivity contribution in [2.45, 2.75) is 37.6 Å². The average molecular weight is 551 g/mol. The number of aryl methyl sites for hydroxylation is 1. The number of aromatic nitrogens is 2. The van der Waals surface area contributed by atoms with Crippen molar-refractivity contribution in [3.05, 3.63) is 78.9 Å². The minimum absolute atomic E-state index is 0.0374. The van der Waals surface area contributed by atoms with Crippen LogP contribution in [0.25, 0.3) is 10.4 Å². The van der Waals surface area contributed by atoms with Crippen LogP contribution < -0.4 is 11.2 Å². The van der Waals surface area contributed by atoms with Crippen molar-refractivity contribution < 1.29 is 37.4 Å². The van der Waals surface area contributed by atoms with Gasteiger partial charge in [0.25, 0.3) is 17.3 Å². The number of ether oxygens (including phenoxy) is 3. The van der Waals surface area contributed by atoms with E-state index in [1.807, 2.05) is 0 Å². The molecule has 0 N–H and O–H groups in total. The van der Waals surface area contributed by atoms with Crippen molar-refractivity contribution in [1.29, 1.82) is 0 Å². The van der Waals surface area contributed by atoms with Gasteiger partial charge < -0.3 is 23.3 Å². The number of hydrogen-bond donors (Lipinski definition) is 0. The number of esters is 1. The molecular formula is C22H26N5O10P. The van der Waals surface area contributed by atoms with E-state index in [2.05, 4.69) is 14.8 Å². The summed E-state index contributed by atoms with van der Waals surface area (Å²) in [6, 6.07) is 6.90. The van der Waals surface area contributed by atoms with Crippen LogP contribution in [0.1, 0.15) is 28.6 Å². The second-order valence-corrected chi connectivity index (χ2v) is 10.3. The average Bonchev–Trinajstić information content (AvgIpc) is 3.33. The molecule has 0 aliphatic carbocycles. The van der Waals surface area contributed by atoms with Gasteiger partial charge in [0.1, 0.15) is 6.23 Å². The van der Waals surface area contributed by atoms with E-state index in [0.29, 0.717) is 4.57 Å². The van der Waals surface area contributed by atoms with E-state index in [1.54, 1.807) is 18.2 Å². The Labute approximate surface area is 216 Å². The van der Waals surface area contributed by atoms with Gasteiger partial charge >= 0.3 is 19.3 Å². The van der Waals surface area contributed by atoms with Crippen molar-refractivity contribution in [2.24, 2.45) is 5.11 Å². The van der Waals surface area contributed by atoms with Crippen LogP contribution in [0.4, 0.5) is 0 Å². The molecule has 0 amide bonds. The summed E-state index contributed by atoms with van der Waals surface area (Å²) in [5, 5.41) is 3.68. The molecule has 1 fully saturated rings. The minimum atomic E-state index is -4.08. The zero-order chi connectivity index (χ0) is 28.0. The van der Waals surface area contributed by atoms with Gasteiger partial charge in [0.15, 0.2) is 0 Å². The molecule has 16 heteroatoms. The van der Waals surface area contributed by atoms with Crippen LogP contribution in [0.3, 0.4) is 0 Å². The molecule has 4 atom stereocenters. The second-order valence-electron chi connectivity index (χ2n) is 8.06. The van der Waals surface area contributed by atoms with Crippen molar-refractivity contribution in [3.8, 4) is 0 Å². The third-order valence-corrected chi connectivity index (χ3v) is 7.79. The van der Waals surface area contributed by atoms with Crippen molar-refractivity contribution in [1.82, 2.24) is 9.13 Å². The fourth-order valence-electron chi connectivity index (χ4n) is 3.86. The summed E-state index contributed by atoms with van der Waals surface area (Å²) in [5.74, 6) is -3.63. The lowest BCUT2D eigenvalue weighted by Crippen LogP contribution is -2.45. The normalized spacial score (nSPS) is 19.9. The number of rotatable bonds is 10. The topological polar surface area (TPSA) is 190 Å². The number of benzene rings is 1. The van der Waals surface area contributed by atoms with E-state index in [4.69, 9.17) is 24.1 Å². The van der Waals surface area contributed by atoms with E-state index in [1.165, 1.54) is 25.3 Å². The van der Waals surface area contributed by atoms with Crippen molar-refractivity contribution >= 4 is 19.5 Å². The third kappa shape index (κ3) is 5.78. The molecule has 0 spiro atoms. The number of carbonyl (C=O) groups excluding carboxylic acids is 2. The monoisotopic (exact) mass is 551 g/mol. The van der Waals surface area contributed by atoms with E-state index in [0.717, 1.165) is 25.9 Å². The molecule has 0 radical (unpaired) electrons. The fourth-order valence-corrected chi connectivity index (χ4v) is 5.02. The molecule has 2 aromatic rings. The summed E-state index contributed by atoms with van der Waals surface area (Å²) in [6.07, 6.45) is -0.900. The molecule has 1 aromatic heterocycles. The first-order chi connectivity index (χ1) is 18.1. The Bertz CT molecular complexity index is 1390. The SMILES string of the molecule is COC(=O)C(OC[C@H]1O[C@@H](n2cc(C)c(=O)n(C(=O)c3ccccc3)c2=O)C[C@@H]1N=[N+]=[N-])P(=O)(OC)OC. The van der Waals surface area contributed by atoms with Gasteiger partial charge in [-0.2, -0.15) is 4.57 Å². The predicted octanol–water partition coefficient (Wildman–Crippen LogP) is 1.97. The molecule has 0 bridgehead atoms. The summed E-state index contributed by atoms with van der Waals surface area (Å²) < 4.78 is 40.0.